The highest BCUT2D eigenvalue weighted by Gasteiger charge is 2.09. The van der Waals surface area contributed by atoms with E-state index in [9.17, 15) is 9.59 Å². The van der Waals surface area contributed by atoms with Crippen molar-refractivity contribution >= 4 is 11.9 Å². The number of carboxylic acids is 1. The van der Waals surface area contributed by atoms with Gasteiger partial charge in [-0.05, 0) is 12.8 Å². The molecule has 0 fully saturated rings. The molecule has 1 atom stereocenters. The number of nitrogens with one attached hydrogen (secondary N) is 1. The van der Waals surface area contributed by atoms with Gasteiger partial charge in [0.1, 0.15) is 0 Å². The quantitative estimate of drug-likeness (QED) is 0.611. The van der Waals surface area contributed by atoms with Gasteiger partial charge in [0.05, 0.1) is 5.92 Å². The molecule has 4 heteroatoms. The van der Waals surface area contributed by atoms with Gasteiger partial charge < -0.3 is 5.11 Å². The summed E-state index contributed by atoms with van der Waals surface area (Å²) in [6.45, 7) is 1.68. The van der Waals surface area contributed by atoms with Crippen LogP contribution < -0.4 is 5.73 Å². The molecule has 2 N–H and O–H groups in total. The zero-order valence-corrected chi connectivity index (χ0v) is 7.88. The molecule has 0 aromatic carbocycles. The summed E-state index contributed by atoms with van der Waals surface area (Å²) in [6, 6.07) is 0. The van der Waals surface area contributed by atoms with Crippen LogP contribution in [0.25, 0.3) is 0 Å². The first kappa shape index (κ1) is 11.9. The van der Waals surface area contributed by atoms with Gasteiger partial charge in [-0.25, -0.2) is 0 Å². The van der Waals surface area contributed by atoms with Crippen LogP contribution in [0.3, 0.4) is 0 Å². The lowest BCUT2D eigenvalue weighted by atomic mass is 10.0. The Morgan fingerprint density at radius 2 is 1.92 bits per heavy atom. The zero-order valence-electron chi connectivity index (χ0n) is 7.88. The number of rotatable bonds is 7. The highest BCUT2D eigenvalue weighted by atomic mass is 16.4. The number of aliphatic carboxylic acids is 1. The summed E-state index contributed by atoms with van der Waals surface area (Å²) >= 11 is 0. The van der Waals surface area contributed by atoms with Gasteiger partial charge in [-0.1, -0.05) is 19.8 Å². The Kier molecular flexibility index (Phi) is 5.93. The van der Waals surface area contributed by atoms with Crippen LogP contribution in [0, 0.1) is 5.92 Å². The van der Waals surface area contributed by atoms with Gasteiger partial charge in [0.15, 0.2) is 0 Å². The average molecular weight is 186 g/mol. The Balaban J connectivity index is 3.26. The summed E-state index contributed by atoms with van der Waals surface area (Å²) in [4.78, 5) is 20.6. The SMILES string of the molecule is CC(CCCCCC([NH])=O)C(=O)O. The summed E-state index contributed by atoms with van der Waals surface area (Å²) in [5.74, 6) is -1.60. The Bertz CT molecular complexity index is 180. The molecule has 4 nitrogen and oxygen atoms in total. The number of amides is 1. The lowest BCUT2D eigenvalue weighted by Crippen LogP contribution is -2.08. The van der Waals surface area contributed by atoms with Crippen LogP contribution in [-0.2, 0) is 9.59 Å². The Hall–Kier alpha value is -1.06. The fourth-order valence-electron chi connectivity index (χ4n) is 1.04. The maximum absolute atomic E-state index is 10.4. The molecular weight excluding hydrogens is 170 g/mol. The molecule has 0 bridgehead atoms. The largest absolute Gasteiger partial charge is 0.481 e. The standard InChI is InChI=1S/C9H16NO3/c1-7(9(12)13)5-3-2-4-6-8(10)11/h7,10H,2-6H2,1H3,(H,12,13). The van der Waals surface area contributed by atoms with Crippen molar-refractivity contribution in [3.63, 3.8) is 0 Å². The van der Waals surface area contributed by atoms with E-state index < -0.39 is 11.9 Å². The molecule has 0 spiro atoms. The van der Waals surface area contributed by atoms with Crippen molar-refractivity contribution in [3.05, 3.63) is 0 Å². The molecule has 0 aliphatic carbocycles. The molecule has 0 aromatic heterocycles. The molecule has 0 saturated carbocycles. The molecule has 1 radical (unpaired) electrons. The predicted octanol–water partition coefficient (Wildman–Crippen LogP) is 1.47. The van der Waals surface area contributed by atoms with Gasteiger partial charge in [0.2, 0.25) is 5.91 Å². The number of carbonyl (C=O) groups excluding carboxylic acids is 1. The number of carboxylic acid groups (broad SMARTS) is 1. The minimum atomic E-state index is -0.767. The van der Waals surface area contributed by atoms with Crippen LogP contribution in [0.2, 0.25) is 0 Å². The molecule has 0 rings (SSSR count). The molecule has 0 saturated heterocycles. The van der Waals surface area contributed by atoms with E-state index >= 15 is 0 Å². The summed E-state index contributed by atoms with van der Waals surface area (Å²) in [7, 11) is 0. The van der Waals surface area contributed by atoms with E-state index in [2.05, 4.69) is 0 Å². The monoisotopic (exact) mass is 186 g/mol. The highest BCUT2D eigenvalue weighted by molar-refractivity contribution is 5.72. The molecule has 13 heavy (non-hydrogen) atoms. The average Bonchev–Trinajstić information content (AvgIpc) is 2.02. The van der Waals surface area contributed by atoms with Crippen LogP contribution in [0.4, 0.5) is 0 Å². The molecule has 0 aliphatic heterocycles. The predicted molar refractivity (Wildman–Crippen MR) is 48.0 cm³/mol. The van der Waals surface area contributed by atoms with Gasteiger partial charge in [0.25, 0.3) is 0 Å². The number of carbonyl (C=O) groups is 2. The lowest BCUT2D eigenvalue weighted by molar-refractivity contribution is -0.141. The Morgan fingerprint density at radius 1 is 1.31 bits per heavy atom. The highest BCUT2D eigenvalue weighted by Crippen LogP contribution is 2.10. The molecule has 1 unspecified atom stereocenters. The van der Waals surface area contributed by atoms with Gasteiger partial charge >= 0.3 is 5.97 Å². The molecule has 0 aromatic rings. The van der Waals surface area contributed by atoms with Gasteiger partial charge in [-0.15, -0.1) is 0 Å². The first-order chi connectivity index (χ1) is 6.04. The van der Waals surface area contributed by atoms with Crippen molar-refractivity contribution < 1.29 is 14.7 Å². The zero-order chi connectivity index (χ0) is 10.3. The molecular formula is C9H16NO3. The summed E-state index contributed by atoms with van der Waals surface area (Å²) in [5, 5.41) is 8.54. The Labute approximate surface area is 78.1 Å². The summed E-state index contributed by atoms with van der Waals surface area (Å²) in [6.07, 6.45) is 3.31. The second kappa shape index (κ2) is 6.46. The van der Waals surface area contributed by atoms with Gasteiger partial charge in [0, 0.05) is 6.42 Å². The van der Waals surface area contributed by atoms with Crippen LogP contribution in [-0.4, -0.2) is 17.0 Å². The van der Waals surface area contributed by atoms with E-state index in [-0.39, 0.29) is 5.92 Å². The van der Waals surface area contributed by atoms with E-state index in [0.717, 1.165) is 12.8 Å². The fraction of sp³-hybridized carbons (Fsp3) is 0.778. The lowest BCUT2D eigenvalue weighted by Gasteiger charge is -2.04. The molecule has 75 valence electrons. The minimum Gasteiger partial charge on any atom is -0.481 e. The number of hydrogen-bond donors (Lipinski definition) is 1. The fourth-order valence-corrected chi connectivity index (χ4v) is 1.04. The molecule has 0 aliphatic rings. The summed E-state index contributed by atoms with van der Waals surface area (Å²) < 4.78 is 0. The van der Waals surface area contributed by atoms with Crippen LogP contribution in [0.5, 0.6) is 0 Å². The van der Waals surface area contributed by atoms with E-state index in [1.165, 1.54) is 0 Å². The van der Waals surface area contributed by atoms with Crippen molar-refractivity contribution in [1.82, 2.24) is 5.73 Å². The third kappa shape index (κ3) is 7.31. The van der Waals surface area contributed by atoms with Crippen molar-refractivity contribution in [2.24, 2.45) is 5.92 Å². The van der Waals surface area contributed by atoms with E-state index in [1.54, 1.807) is 6.92 Å². The molecule has 0 heterocycles. The van der Waals surface area contributed by atoms with Crippen LogP contribution in [0.1, 0.15) is 39.0 Å². The van der Waals surface area contributed by atoms with Crippen molar-refractivity contribution in [2.45, 2.75) is 39.0 Å². The summed E-state index contributed by atoms with van der Waals surface area (Å²) in [5.41, 5.74) is 6.63. The van der Waals surface area contributed by atoms with E-state index in [4.69, 9.17) is 10.8 Å². The number of hydrogen-bond acceptors (Lipinski definition) is 2. The second-order valence-electron chi connectivity index (χ2n) is 3.26. The third-order valence-corrected chi connectivity index (χ3v) is 1.96. The van der Waals surface area contributed by atoms with Crippen LogP contribution in [0.15, 0.2) is 0 Å². The van der Waals surface area contributed by atoms with E-state index in [0.29, 0.717) is 19.3 Å². The first-order valence-corrected chi connectivity index (χ1v) is 4.51. The smallest absolute Gasteiger partial charge is 0.306 e. The number of unbranched alkanes of at least 4 members (excludes halogenated alkanes) is 2. The van der Waals surface area contributed by atoms with Crippen molar-refractivity contribution in [2.75, 3.05) is 0 Å². The first-order valence-electron chi connectivity index (χ1n) is 4.51. The van der Waals surface area contributed by atoms with Gasteiger partial charge in [-0.3, -0.25) is 15.3 Å². The third-order valence-electron chi connectivity index (χ3n) is 1.96. The van der Waals surface area contributed by atoms with Crippen molar-refractivity contribution in [3.8, 4) is 0 Å². The second-order valence-corrected chi connectivity index (χ2v) is 3.26. The maximum atomic E-state index is 10.4. The van der Waals surface area contributed by atoms with Crippen molar-refractivity contribution in [1.29, 1.82) is 0 Å². The van der Waals surface area contributed by atoms with Crippen LogP contribution >= 0.6 is 0 Å². The van der Waals surface area contributed by atoms with E-state index in [1.807, 2.05) is 0 Å². The van der Waals surface area contributed by atoms with Gasteiger partial charge in [-0.2, -0.15) is 0 Å². The molecule has 1 amide bonds. The topological polar surface area (TPSA) is 78.2 Å². The normalized spacial score (nSPS) is 12.4. The Morgan fingerprint density at radius 3 is 2.38 bits per heavy atom. The maximum Gasteiger partial charge on any atom is 0.306 e. The minimum absolute atomic E-state index is 0.293.